The summed E-state index contributed by atoms with van der Waals surface area (Å²) in [4.78, 5) is 0. The van der Waals surface area contributed by atoms with Gasteiger partial charge in [-0.1, -0.05) is 30.3 Å². The minimum atomic E-state index is -4.12. The molecule has 1 aromatic carbocycles. The van der Waals surface area contributed by atoms with E-state index in [0.717, 1.165) is 5.56 Å². The Balaban J connectivity index is 2.24. The molecule has 2 rings (SSSR count). The molecule has 0 aliphatic carbocycles. The van der Waals surface area contributed by atoms with Crippen molar-refractivity contribution in [2.24, 2.45) is 5.92 Å². The summed E-state index contributed by atoms with van der Waals surface area (Å²) in [6.45, 7) is 0.659. The molecule has 2 atom stereocenters. The van der Waals surface area contributed by atoms with Crippen molar-refractivity contribution in [1.82, 2.24) is 5.32 Å². The third-order valence-electron chi connectivity index (χ3n) is 3.04. The third-order valence-corrected chi connectivity index (χ3v) is 3.04. The second kappa shape index (κ2) is 4.45. The molecule has 1 saturated heterocycles. The van der Waals surface area contributed by atoms with E-state index in [1.54, 1.807) is 24.3 Å². The van der Waals surface area contributed by atoms with Crippen LogP contribution in [0, 0.1) is 5.92 Å². The lowest BCUT2D eigenvalue weighted by molar-refractivity contribution is -0.189. The number of rotatable bonds is 1. The van der Waals surface area contributed by atoms with Crippen molar-refractivity contribution >= 4 is 0 Å². The zero-order chi connectivity index (χ0) is 11.6. The molecule has 4 heteroatoms. The van der Waals surface area contributed by atoms with Crippen LogP contribution in [0.15, 0.2) is 30.3 Å². The predicted octanol–water partition coefficient (Wildman–Crippen LogP) is 3.29. The maximum atomic E-state index is 12.8. The summed E-state index contributed by atoms with van der Waals surface area (Å²) >= 11 is 0. The van der Waals surface area contributed by atoms with Crippen LogP contribution in [0.2, 0.25) is 0 Å². The van der Waals surface area contributed by atoms with E-state index in [2.05, 4.69) is 5.32 Å². The molecule has 16 heavy (non-hydrogen) atoms. The maximum absolute atomic E-state index is 12.8. The maximum Gasteiger partial charge on any atom is 0.393 e. The Bertz CT molecular complexity index is 334. The van der Waals surface area contributed by atoms with Gasteiger partial charge in [0.05, 0.1) is 5.92 Å². The molecule has 1 heterocycles. The van der Waals surface area contributed by atoms with Crippen LogP contribution in [0.5, 0.6) is 0 Å². The highest BCUT2D eigenvalue weighted by molar-refractivity contribution is 5.20. The fourth-order valence-corrected chi connectivity index (χ4v) is 2.25. The summed E-state index contributed by atoms with van der Waals surface area (Å²) in [5.74, 6) is -1.26. The molecule has 1 aromatic rings. The number of hydrogen-bond acceptors (Lipinski definition) is 1. The minimum Gasteiger partial charge on any atom is -0.309 e. The highest BCUT2D eigenvalue weighted by Crippen LogP contribution is 2.40. The van der Waals surface area contributed by atoms with E-state index in [4.69, 9.17) is 0 Å². The molecule has 0 spiro atoms. The van der Waals surface area contributed by atoms with Gasteiger partial charge in [-0.25, -0.2) is 0 Å². The van der Waals surface area contributed by atoms with Crippen molar-refractivity contribution in [2.75, 3.05) is 6.54 Å². The molecule has 0 aromatic heterocycles. The molecule has 1 nitrogen and oxygen atoms in total. The van der Waals surface area contributed by atoms with Gasteiger partial charge in [-0.05, 0) is 24.9 Å². The van der Waals surface area contributed by atoms with Crippen LogP contribution in [0.4, 0.5) is 13.2 Å². The number of piperidine rings is 1. The van der Waals surface area contributed by atoms with E-state index in [9.17, 15) is 13.2 Å². The lowest BCUT2D eigenvalue weighted by Crippen LogP contribution is -2.41. The molecule has 1 aliphatic heterocycles. The van der Waals surface area contributed by atoms with Gasteiger partial charge < -0.3 is 5.32 Å². The molecular formula is C12H14F3N. The van der Waals surface area contributed by atoms with Crippen LogP contribution in [0.1, 0.15) is 24.4 Å². The number of alkyl halides is 3. The molecule has 88 valence electrons. The Hall–Kier alpha value is -1.03. The van der Waals surface area contributed by atoms with E-state index in [-0.39, 0.29) is 6.42 Å². The highest BCUT2D eigenvalue weighted by atomic mass is 19.4. The van der Waals surface area contributed by atoms with Crippen LogP contribution in [-0.2, 0) is 0 Å². The Morgan fingerprint density at radius 2 is 1.81 bits per heavy atom. The smallest absolute Gasteiger partial charge is 0.309 e. The molecule has 1 N–H and O–H groups in total. The average Bonchev–Trinajstić information content (AvgIpc) is 2.29. The van der Waals surface area contributed by atoms with E-state index < -0.39 is 18.1 Å². The number of hydrogen-bond donors (Lipinski definition) is 1. The SMILES string of the molecule is FC(F)(F)C1CCCNC1c1ccccc1. The Morgan fingerprint density at radius 3 is 2.44 bits per heavy atom. The number of benzene rings is 1. The van der Waals surface area contributed by atoms with Gasteiger partial charge in [0.2, 0.25) is 0 Å². The molecular weight excluding hydrogens is 215 g/mol. The monoisotopic (exact) mass is 229 g/mol. The van der Waals surface area contributed by atoms with Gasteiger partial charge >= 0.3 is 6.18 Å². The largest absolute Gasteiger partial charge is 0.393 e. The van der Waals surface area contributed by atoms with Crippen LogP contribution >= 0.6 is 0 Å². The lowest BCUT2D eigenvalue weighted by Gasteiger charge is -2.34. The number of nitrogens with one attached hydrogen (secondary N) is 1. The van der Waals surface area contributed by atoms with Gasteiger partial charge in [0.25, 0.3) is 0 Å². The predicted molar refractivity (Wildman–Crippen MR) is 56.0 cm³/mol. The first-order chi connectivity index (χ1) is 7.59. The minimum absolute atomic E-state index is 0.218. The number of halogens is 3. The first-order valence-corrected chi connectivity index (χ1v) is 5.44. The quantitative estimate of drug-likeness (QED) is 0.779. The summed E-state index contributed by atoms with van der Waals surface area (Å²) < 4.78 is 38.5. The standard InChI is InChI=1S/C12H14F3N/c13-12(14,15)10-7-4-8-16-11(10)9-5-2-1-3-6-9/h1-3,5-6,10-11,16H,4,7-8H2. The average molecular weight is 229 g/mol. The zero-order valence-electron chi connectivity index (χ0n) is 8.80. The Kier molecular flexibility index (Phi) is 3.19. The highest BCUT2D eigenvalue weighted by Gasteiger charge is 2.45. The molecule has 0 radical (unpaired) electrons. The topological polar surface area (TPSA) is 12.0 Å². The second-order valence-corrected chi connectivity index (χ2v) is 4.13. The first-order valence-electron chi connectivity index (χ1n) is 5.44. The van der Waals surface area contributed by atoms with Gasteiger partial charge in [0.1, 0.15) is 0 Å². The van der Waals surface area contributed by atoms with Gasteiger partial charge in [-0.3, -0.25) is 0 Å². The Labute approximate surface area is 92.7 Å². The van der Waals surface area contributed by atoms with Crippen LogP contribution in [-0.4, -0.2) is 12.7 Å². The van der Waals surface area contributed by atoms with Crippen LogP contribution < -0.4 is 5.32 Å². The van der Waals surface area contributed by atoms with Crippen molar-refractivity contribution in [3.8, 4) is 0 Å². The van der Waals surface area contributed by atoms with Gasteiger partial charge in [-0.2, -0.15) is 13.2 Å². The van der Waals surface area contributed by atoms with E-state index in [1.165, 1.54) is 0 Å². The summed E-state index contributed by atoms with van der Waals surface area (Å²) in [6.07, 6.45) is -3.31. The molecule has 1 fully saturated rings. The molecule has 0 amide bonds. The molecule has 0 saturated carbocycles. The third kappa shape index (κ3) is 2.38. The van der Waals surface area contributed by atoms with Gasteiger partial charge in [0, 0.05) is 6.04 Å². The van der Waals surface area contributed by atoms with Crippen molar-refractivity contribution in [2.45, 2.75) is 25.1 Å². The van der Waals surface area contributed by atoms with Crippen LogP contribution in [0.3, 0.4) is 0 Å². The summed E-state index contributed by atoms with van der Waals surface area (Å²) in [6, 6.07) is 8.28. The van der Waals surface area contributed by atoms with Gasteiger partial charge in [-0.15, -0.1) is 0 Å². The molecule has 0 bridgehead atoms. The normalized spacial score (nSPS) is 26.7. The second-order valence-electron chi connectivity index (χ2n) is 4.13. The van der Waals surface area contributed by atoms with E-state index >= 15 is 0 Å². The molecule has 2 unspecified atom stereocenters. The van der Waals surface area contributed by atoms with E-state index in [1.807, 2.05) is 6.07 Å². The molecule has 1 aliphatic rings. The zero-order valence-corrected chi connectivity index (χ0v) is 8.80. The van der Waals surface area contributed by atoms with Crippen molar-refractivity contribution in [1.29, 1.82) is 0 Å². The van der Waals surface area contributed by atoms with E-state index in [0.29, 0.717) is 13.0 Å². The fourth-order valence-electron chi connectivity index (χ4n) is 2.25. The van der Waals surface area contributed by atoms with Crippen LogP contribution in [0.25, 0.3) is 0 Å². The summed E-state index contributed by atoms with van der Waals surface area (Å²) in [7, 11) is 0. The van der Waals surface area contributed by atoms with Gasteiger partial charge in [0.15, 0.2) is 0 Å². The van der Waals surface area contributed by atoms with Crippen molar-refractivity contribution in [3.63, 3.8) is 0 Å². The summed E-state index contributed by atoms with van der Waals surface area (Å²) in [5, 5.41) is 2.97. The van der Waals surface area contributed by atoms with Crippen molar-refractivity contribution in [3.05, 3.63) is 35.9 Å². The fraction of sp³-hybridized carbons (Fsp3) is 0.500. The Morgan fingerprint density at radius 1 is 1.12 bits per heavy atom. The summed E-state index contributed by atoms with van der Waals surface area (Å²) in [5.41, 5.74) is 0.726. The lowest BCUT2D eigenvalue weighted by atomic mass is 9.86. The first kappa shape index (κ1) is 11.5. The van der Waals surface area contributed by atoms with Crippen molar-refractivity contribution < 1.29 is 13.2 Å².